The third kappa shape index (κ3) is 1.33. The maximum absolute atomic E-state index is 12.8. The van der Waals surface area contributed by atoms with E-state index in [9.17, 15) is 4.39 Å². The molecule has 0 aliphatic rings. The van der Waals surface area contributed by atoms with Crippen LogP contribution in [0.3, 0.4) is 0 Å². The Kier molecular flexibility index (Phi) is 1.85. The minimum atomic E-state index is -0.489. The third-order valence-electron chi connectivity index (χ3n) is 1.87. The van der Waals surface area contributed by atoms with E-state index in [0.717, 1.165) is 5.39 Å². The van der Waals surface area contributed by atoms with Crippen molar-refractivity contribution in [1.29, 1.82) is 0 Å². The lowest BCUT2D eigenvalue weighted by Gasteiger charge is -2.03. The smallest absolute Gasteiger partial charge is 0.213 e. The molecule has 1 aromatic carbocycles. The summed E-state index contributed by atoms with van der Waals surface area (Å²) >= 11 is 0. The number of halogens is 1. The van der Waals surface area contributed by atoms with Gasteiger partial charge in [0.25, 0.3) is 0 Å². The second-order valence-corrected chi connectivity index (χ2v) is 2.67. The van der Waals surface area contributed by atoms with Gasteiger partial charge in [-0.25, -0.2) is 4.98 Å². The van der Waals surface area contributed by atoms with Crippen molar-refractivity contribution in [1.82, 2.24) is 4.98 Å². The molecule has 13 heavy (non-hydrogen) atoms. The van der Waals surface area contributed by atoms with Gasteiger partial charge in [-0.15, -0.1) is 0 Å². The number of ether oxygens (including phenoxy) is 1. The molecule has 0 saturated heterocycles. The summed E-state index contributed by atoms with van der Waals surface area (Å²) in [6.45, 7) is 0. The first kappa shape index (κ1) is 7.98. The van der Waals surface area contributed by atoms with Crippen molar-refractivity contribution >= 4 is 10.9 Å². The molecule has 0 radical (unpaired) electrons. The molecular weight excluding hydrogens is 169 g/mol. The summed E-state index contributed by atoms with van der Waals surface area (Å²) in [5, 5.41) is 0.876. The molecule has 2 nitrogen and oxygen atoms in total. The molecule has 0 N–H and O–H groups in total. The van der Waals surface area contributed by atoms with E-state index in [1.807, 2.05) is 12.1 Å². The van der Waals surface area contributed by atoms with Crippen molar-refractivity contribution in [2.75, 3.05) is 7.11 Å². The fraction of sp³-hybridized carbons (Fsp3) is 0.100. The molecule has 0 aliphatic carbocycles. The van der Waals surface area contributed by atoms with Crippen LogP contribution in [-0.4, -0.2) is 12.1 Å². The Labute approximate surface area is 75.0 Å². The normalized spacial score (nSPS) is 10.3. The molecule has 1 heterocycles. The number of hydrogen-bond donors (Lipinski definition) is 0. The highest BCUT2D eigenvalue weighted by molar-refractivity contribution is 5.84. The van der Waals surface area contributed by atoms with Crippen LogP contribution < -0.4 is 4.74 Å². The Hall–Kier alpha value is -1.64. The van der Waals surface area contributed by atoms with E-state index in [2.05, 4.69) is 4.98 Å². The highest BCUT2D eigenvalue weighted by Gasteiger charge is 2.02. The van der Waals surface area contributed by atoms with Crippen LogP contribution >= 0.6 is 0 Å². The third-order valence-corrected chi connectivity index (χ3v) is 1.87. The van der Waals surface area contributed by atoms with Gasteiger partial charge in [0.2, 0.25) is 5.95 Å². The Bertz CT molecular complexity index is 442. The van der Waals surface area contributed by atoms with E-state index in [-0.39, 0.29) is 0 Å². The maximum Gasteiger partial charge on any atom is 0.213 e. The van der Waals surface area contributed by atoms with Crippen molar-refractivity contribution in [2.24, 2.45) is 0 Å². The lowest BCUT2D eigenvalue weighted by molar-refractivity contribution is 0.418. The molecule has 2 aromatic rings. The van der Waals surface area contributed by atoms with Gasteiger partial charge in [0, 0.05) is 5.39 Å². The minimum Gasteiger partial charge on any atom is -0.494 e. The number of hydrogen-bond acceptors (Lipinski definition) is 2. The molecule has 2 rings (SSSR count). The molecule has 3 heteroatoms. The topological polar surface area (TPSA) is 22.1 Å². The number of nitrogens with zero attached hydrogens (tertiary/aromatic N) is 1. The molecule has 0 fully saturated rings. The number of rotatable bonds is 1. The lowest BCUT2D eigenvalue weighted by Crippen LogP contribution is -1.89. The standard InChI is InChI=1S/C10H8FNO/c1-13-8-4-2-3-7-5-6-9(11)12-10(7)8/h2-6H,1H3. The molecule has 0 saturated carbocycles. The Morgan fingerprint density at radius 1 is 1.23 bits per heavy atom. The van der Waals surface area contributed by atoms with Crippen LogP contribution in [0.5, 0.6) is 5.75 Å². The fourth-order valence-electron chi connectivity index (χ4n) is 1.26. The summed E-state index contributed by atoms with van der Waals surface area (Å²) < 4.78 is 17.8. The zero-order valence-corrected chi connectivity index (χ0v) is 7.12. The summed E-state index contributed by atoms with van der Waals surface area (Å²) in [6.07, 6.45) is 0. The molecule has 0 atom stereocenters. The van der Waals surface area contributed by atoms with Gasteiger partial charge in [0.15, 0.2) is 0 Å². The number of methoxy groups -OCH3 is 1. The fourth-order valence-corrected chi connectivity index (χ4v) is 1.26. The highest BCUT2D eigenvalue weighted by atomic mass is 19.1. The maximum atomic E-state index is 12.8. The summed E-state index contributed by atoms with van der Waals surface area (Å²) in [4.78, 5) is 3.75. The number of para-hydroxylation sites is 1. The Morgan fingerprint density at radius 3 is 2.85 bits per heavy atom. The molecule has 0 aliphatic heterocycles. The molecular formula is C10H8FNO. The highest BCUT2D eigenvalue weighted by Crippen LogP contribution is 2.22. The predicted molar refractivity (Wildman–Crippen MR) is 48.3 cm³/mol. The van der Waals surface area contributed by atoms with Crippen LogP contribution in [0.15, 0.2) is 30.3 Å². The van der Waals surface area contributed by atoms with Gasteiger partial charge >= 0.3 is 0 Å². The van der Waals surface area contributed by atoms with E-state index in [0.29, 0.717) is 11.3 Å². The molecule has 0 unspecified atom stereocenters. The Morgan fingerprint density at radius 2 is 2.08 bits per heavy atom. The number of pyridine rings is 1. The largest absolute Gasteiger partial charge is 0.494 e. The van der Waals surface area contributed by atoms with Crippen molar-refractivity contribution in [3.63, 3.8) is 0 Å². The van der Waals surface area contributed by atoms with Gasteiger partial charge in [-0.05, 0) is 18.2 Å². The summed E-state index contributed by atoms with van der Waals surface area (Å²) in [5.41, 5.74) is 0.560. The van der Waals surface area contributed by atoms with E-state index in [1.165, 1.54) is 6.07 Å². The number of benzene rings is 1. The molecule has 0 spiro atoms. The molecule has 0 amide bonds. The van der Waals surface area contributed by atoms with Crippen molar-refractivity contribution < 1.29 is 9.13 Å². The lowest BCUT2D eigenvalue weighted by atomic mass is 10.2. The first-order valence-corrected chi connectivity index (χ1v) is 3.90. The summed E-state index contributed by atoms with van der Waals surface area (Å²) in [7, 11) is 1.54. The van der Waals surface area contributed by atoms with Crippen LogP contribution in [0.25, 0.3) is 10.9 Å². The van der Waals surface area contributed by atoms with Crippen molar-refractivity contribution in [3.8, 4) is 5.75 Å². The van der Waals surface area contributed by atoms with Crippen LogP contribution in [0.1, 0.15) is 0 Å². The second kappa shape index (κ2) is 3.01. The molecule has 0 bridgehead atoms. The van der Waals surface area contributed by atoms with E-state index in [4.69, 9.17) is 4.74 Å². The second-order valence-electron chi connectivity index (χ2n) is 2.67. The monoisotopic (exact) mass is 177 g/mol. The van der Waals surface area contributed by atoms with E-state index in [1.54, 1.807) is 19.2 Å². The first-order chi connectivity index (χ1) is 6.31. The van der Waals surface area contributed by atoms with Crippen LogP contribution in [0, 0.1) is 5.95 Å². The Balaban J connectivity index is 2.79. The molecule has 66 valence electrons. The van der Waals surface area contributed by atoms with Crippen LogP contribution in [-0.2, 0) is 0 Å². The van der Waals surface area contributed by atoms with Gasteiger partial charge in [-0.1, -0.05) is 12.1 Å². The SMILES string of the molecule is COc1cccc2ccc(F)nc12. The average Bonchev–Trinajstić information content (AvgIpc) is 2.17. The van der Waals surface area contributed by atoms with Crippen LogP contribution in [0.4, 0.5) is 4.39 Å². The van der Waals surface area contributed by atoms with Gasteiger partial charge in [0.05, 0.1) is 7.11 Å². The van der Waals surface area contributed by atoms with Gasteiger partial charge < -0.3 is 4.74 Å². The van der Waals surface area contributed by atoms with Crippen molar-refractivity contribution in [3.05, 3.63) is 36.3 Å². The minimum absolute atomic E-state index is 0.489. The molecule has 1 aromatic heterocycles. The first-order valence-electron chi connectivity index (χ1n) is 3.90. The van der Waals surface area contributed by atoms with Crippen molar-refractivity contribution in [2.45, 2.75) is 0 Å². The van der Waals surface area contributed by atoms with Gasteiger partial charge in [-0.3, -0.25) is 0 Å². The van der Waals surface area contributed by atoms with E-state index < -0.39 is 5.95 Å². The van der Waals surface area contributed by atoms with Gasteiger partial charge in [0.1, 0.15) is 11.3 Å². The number of aromatic nitrogens is 1. The zero-order valence-electron chi connectivity index (χ0n) is 7.12. The quantitative estimate of drug-likeness (QED) is 0.624. The summed E-state index contributed by atoms with van der Waals surface area (Å²) in [5.74, 6) is 0.106. The van der Waals surface area contributed by atoms with Gasteiger partial charge in [-0.2, -0.15) is 4.39 Å². The van der Waals surface area contributed by atoms with E-state index >= 15 is 0 Å². The number of fused-ring (bicyclic) bond motifs is 1. The zero-order chi connectivity index (χ0) is 9.26. The average molecular weight is 177 g/mol. The summed E-state index contributed by atoms with van der Waals surface area (Å²) in [6, 6.07) is 8.49. The van der Waals surface area contributed by atoms with Crippen LogP contribution in [0.2, 0.25) is 0 Å². The predicted octanol–water partition coefficient (Wildman–Crippen LogP) is 2.38.